The van der Waals surface area contributed by atoms with Crippen molar-refractivity contribution in [3.8, 4) is 145 Å². The SMILES string of the molecule is c1cncc(-c2cccc(-c3cc(-c4cccc(-c5cccnc5)c4)cc(-c4cccc(-c5ccc(Oc6cccc(-c7cccc(-c8cc(-c9cccc(-c%10cccnc%10)c9)cc(-c9cccc(-c%10cccnc%10)c9)c8)c7)c6)nc5)c4)c3)c2)c1. The minimum atomic E-state index is 0.509. The molecule has 0 spiro atoms. The van der Waals surface area contributed by atoms with Crippen molar-refractivity contribution in [3.05, 3.63) is 323 Å². The molecule has 0 N–H and O–H groups in total. The van der Waals surface area contributed by atoms with Crippen LogP contribution in [-0.4, -0.2) is 24.9 Å². The molecule has 0 bridgehead atoms. The Balaban J connectivity index is 0.745. The highest BCUT2D eigenvalue weighted by molar-refractivity contribution is 5.88. The minimum Gasteiger partial charge on any atom is -0.439 e. The van der Waals surface area contributed by atoms with E-state index in [1.807, 2.05) is 98.2 Å². The molecule has 85 heavy (non-hydrogen) atoms. The molecule has 6 nitrogen and oxygen atoms in total. The molecule has 0 atom stereocenters. The van der Waals surface area contributed by atoms with Crippen LogP contribution in [0.1, 0.15) is 0 Å². The van der Waals surface area contributed by atoms with Crippen molar-refractivity contribution < 1.29 is 4.74 Å². The number of benzene rings is 9. The fourth-order valence-corrected chi connectivity index (χ4v) is 11.1. The Morgan fingerprint density at radius 2 is 0.400 bits per heavy atom. The van der Waals surface area contributed by atoms with Gasteiger partial charge in [-0.3, -0.25) is 19.9 Å². The van der Waals surface area contributed by atoms with E-state index in [0.717, 1.165) is 134 Å². The highest BCUT2D eigenvalue weighted by atomic mass is 16.5. The molecular weight excluding hydrogens is 1030 g/mol. The van der Waals surface area contributed by atoms with Gasteiger partial charge >= 0.3 is 0 Å². The topological polar surface area (TPSA) is 73.7 Å². The predicted molar refractivity (Wildman–Crippen MR) is 347 cm³/mol. The Labute approximate surface area is 494 Å². The number of nitrogens with zero attached hydrogens (tertiary/aromatic N) is 5. The molecule has 5 heterocycles. The molecule has 0 aliphatic heterocycles. The van der Waals surface area contributed by atoms with Crippen molar-refractivity contribution in [1.29, 1.82) is 0 Å². The van der Waals surface area contributed by atoms with Gasteiger partial charge in [0.2, 0.25) is 5.88 Å². The summed E-state index contributed by atoms with van der Waals surface area (Å²) in [7, 11) is 0. The largest absolute Gasteiger partial charge is 0.439 e. The minimum absolute atomic E-state index is 0.509. The van der Waals surface area contributed by atoms with E-state index in [0.29, 0.717) is 11.6 Å². The fraction of sp³-hybridized carbons (Fsp3) is 0. The maximum absolute atomic E-state index is 6.51. The highest BCUT2D eigenvalue weighted by Crippen LogP contribution is 2.40. The van der Waals surface area contributed by atoms with Crippen LogP contribution < -0.4 is 4.74 Å². The van der Waals surface area contributed by atoms with Gasteiger partial charge in [0, 0.05) is 89.7 Å². The molecule has 0 aliphatic carbocycles. The van der Waals surface area contributed by atoms with Crippen molar-refractivity contribution in [2.24, 2.45) is 0 Å². The van der Waals surface area contributed by atoms with Crippen LogP contribution in [0.15, 0.2) is 323 Å². The highest BCUT2D eigenvalue weighted by Gasteiger charge is 2.15. The van der Waals surface area contributed by atoms with Gasteiger partial charge in [-0.2, -0.15) is 0 Å². The average molecular weight is 1090 g/mol. The van der Waals surface area contributed by atoms with E-state index < -0.39 is 0 Å². The van der Waals surface area contributed by atoms with Gasteiger partial charge in [0.25, 0.3) is 0 Å². The molecule has 14 rings (SSSR count). The molecule has 0 radical (unpaired) electrons. The maximum atomic E-state index is 6.51. The molecule has 6 heteroatoms. The lowest BCUT2D eigenvalue weighted by Crippen LogP contribution is -1.90. The first-order chi connectivity index (χ1) is 42.0. The molecule has 0 unspecified atom stereocenters. The Morgan fingerprint density at radius 3 is 0.659 bits per heavy atom. The van der Waals surface area contributed by atoms with E-state index in [1.165, 1.54) is 0 Å². The molecule has 5 aromatic heterocycles. The number of rotatable bonds is 14. The molecule has 0 amide bonds. The van der Waals surface area contributed by atoms with Crippen molar-refractivity contribution in [2.45, 2.75) is 0 Å². The van der Waals surface area contributed by atoms with Crippen LogP contribution in [-0.2, 0) is 0 Å². The standard InChI is InChI=1S/C79H53N5O/c1-12-54(36-60(18-1)72-42-73(61-19-2-13-55(37-61)67-25-8-32-80-49-67)44-74(43-72)62-20-3-14-56(38-62)68-26-9-33-81-50-68)66-24-7-29-78(48-66)85-79-31-30-71(53-84-79)59-17-6-23-65(41-59)77-46-75(63-21-4-15-57(39-63)69-27-10-34-82-51-69)45-76(47-77)64-22-5-16-58(40-64)70-28-11-35-83-52-70/h1-53H. The summed E-state index contributed by atoms with van der Waals surface area (Å²) >= 11 is 0. The van der Waals surface area contributed by atoms with Crippen molar-refractivity contribution in [1.82, 2.24) is 24.9 Å². The lowest BCUT2D eigenvalue weighted by atomic mass is 9.90. The molecule has 0 saturated carbocycles. The lowest BCUT2D eigenvalue weighted by Gasteiger charge is -2.14. The van der Waals surface area contributed by atoms with E-state index in [-0.39, 0.29) is 0 Å². The summed E-state index contributed by atoms with van der Waals surface area (Å²) in [5.74, 6) is 1.21. The van der Waals surface area contributed by atoms with Gasteiger partial charge in [-0.05, 0) is 221 Å². The predicted octanol–water partition coefficient (Wildman–Crippen LogP) is 20.5. The van der Waals surface area contributed by atoms with E-state index >= 15 is 0 Å². The third kappa shape index (κ3) is 11.6. The van der Waals surface area contributed by atoms with Crippen LogP contribution in [0.25, 0.3) is 134 Å². The lowest BCUT2D eigenvalue weighted by molar-refractivity contribution is 0.463. The molecule has 0 saturated heterocycles. The van der Waals surface area contributed by atoms with E-state index in [2.05, 4.69) is 244 Å². The van der Waals surface area contributed by atoms with Crippen LogP contribution in [0.4, 0.5) is 0 Å². The van der Waals surface area contributed by atoms with E-state index in [1.54, 1.807) is 0 Å². The first-order valence-electron chi connectivity index (χ1n) is 28.3. The van der Waals surface area contributed by atoms with Gasteiger partial charge in [-0.1, -0.05) is 146 Å². The number of hydrogen-bond donors (Lipinski definition) is 0. The van der Waals surface area contributed by atoms with Crippen molar-refractivity contribution in [2.75, 3.05) is 0 Å². The molecule has 14 aromatic rings. The molecule has 400 valence electrons. The Bertz CT molecular complexity index is 4460. The summed E-state index contributed by atoms with van der Waals surface area (Å²) < 4.78 is 6.51. The normalized spacial score (nSPS) is 11.1. The first-order valence-corrected chi connectivity index (χ1v) is 28.3. The van der Waals surface area contributed by atoms with Crippen LogP contribution in [0.5, 0.6) is 11.6 Å². The summed E-state index contributed by atoms with van der Waals surface area (Å²) in [4.78, 5) is 22.5. The summed E-state index contributed by atoms with van der Waals surface area (Å²) in [5.41, 5.74) is 26.3. The average Bonchev–Trinajstić information content (AvgIpc) is 3.73. The van der Waals surface area contributed by atoms with E-state index in [9.17, 15) is 0 Å². The zero-order valence-corrected chi connectivity index (χ0v) is 46.2. The maximum Gasteiger partial charge on any atom is 0.219 e. The summed E-state index contributed by atoms with van der Waals surface area (Å²) in [6, 6.07) is 94.6. The van der Waals surface area contributed by atoms with Crippen LogP contribution in [0, 0.1) is 0 Å². The van der Waals surface area contributed by atoms with Crippen molar-refractivity contribution in [3.63, 3.8) is 0 Å². The van der Waals surface area contributed by atoms with E-state index in [4.69, 9.17) is 9.72 Å². The summed E-state index contributed by atoms with van der Waals surface area (Å²) in [5, 5.41) is 0. The molecule has 9 aromatic carbocycles. The Hall–Kier alpha value is -11.5. The second-order valence-corrected chi connectivity index (χ2v) is 21.1. The summed E-state index contributed by atoms with van der Waals surface area (Å²) in [6.45, 7) is 0. The third-order valence-corrected chi connectivity index (χ3v) is 15.5. The molecule has 0 fully saturated rings. The summed E-state index contributed by atoms with van der Waals surface area (Å²) in [6.07, 6.45) is 16.8. The molecule has 0 aliphatic rings. The van der Waals surface area contributed by atoms with Crippen LogP contribution in [0.2, 0.25) is 0 Å². The third-order valence-electron chi connectivity index (χ3n) is 15.5. The second-order valence-electron chi connectivity index (χ2n) is 21.1. The molecular formula is C79H53N5O. The zero-order chi connectivity index (χ0) is 56.7. The van der Waals surface area contributed by atoms with Gasteiger partial charge in [0.05, 0.1) is 0 Å². The smallest absolute Gasteiger partial charge is 0.219 e. The van der Waals surface area contributed by atoms with Crippen molar-refractivity contribution >= 4 is 0 Å². The van der Waals surface area contributed by atoms with Crippen LogP contribution in [0.3, 0.4) is 0 Å². The number of ether oxygens (including phenoxy) is 1. The first kappa shape index (κ1) is 51.7. The zero-order valence-electron chi connectivity index (χ0n) is 46.2. The monoisotopic (exact) mass is 1090 g/mol. The Morgan fingerprint density at radius 1 is 0.176 bits per heavy atom. The van der Waals surface area contributed by atoms with Gasteiger partial charge < -0.3 is 4.74 Å². The second kappa shape index (κ2) is 23.6. The van der Waals surface area contributed by atoms with Gasteiger partial charge in [-0.15, -0.1) is 0 Å². The number of hydrogen-bond acceptors (Lipinski definition) is 6. The van der Waals surface area contributed by atoms with Gasteiger partial charge in [0.1, 0.15) is 5.75 Å². The quantitative estimate of drug-likeness (QED) is 0.108. The number of aromatic nitrogens is 5. The number of pyridine rings is 5. The van der Waals surface area contributed by atoms with Gasteiger partial charge in [-0.25, -0.2) is 4.98 Å². The Kier molecular flexibility index (Phi) is 14.3. The van der Waals surface area contributed by atoms with Gasteiger partial charge in [0.15, 0.2) is 0 Å². The van der Waals surface area contributed by atoms with Crippen LogP contribution >= 0.6 is 0 Å². The fourth-order valence-electron chi connectivity index (χ4n) is 11.1.